The molecule has 1 nitrogen and oxygen atoms in total. The SMILES string of the molecule is C=CC(=O)/C=C/c1c(F)cccc1F. The van der Waals surface area contributed by atoms with E-state index in [0.717, 1.165) is 30.4 Å². The van der Waals surface area contributed by atoms with Crippen molar-refractivity contribution in [3.8, 4) is 0 Å². The molecule has 0 aliphatic carbocycles. The molecule has 0 N–H and O–H groups in total. The summed E-state index contributed by atoms with van der Waals surface area (Å²) in [5.41, 5.74) is -0.220. The molecule has 0 amide bonds. The molecule has 0 spiro atoms. The maximum absolute atomic E-state index is 13.0. The van der Waals surface area contributed by atoms with Crippen molar-refractivity contribution in [1.82, 2.24) is 0 Å². The molecule has 0 aliphatic heterocycles. The summed E-state index contributed by atoms with van der Waals surface area (Å²) in [6.45, 7) is 3.23. The molecule has 1 rings (SSSR count). The molecular formula is C11H8F2O. The molecule has 3 heteroatoms. The van der Waals surface area contributed by atoms with E-state index in [2.05, 4.69) is 6.58 Å². The molecule has 1 aromatic carbocycles. The average Bonchev–Trinajstić information content (AvgIpc) is 2.16. The van der Waals surface area contributed by atoms with Crippen LogP contribution in [0.4, 0.5) is 8.78 Å². The molecule has 0 unspecified atom stereocenters. The Morgan fingerprint density at radius 2 is 1.86 bits per heavy atom. The fourth-order valence-corrected chi connectivity index (χ4v) is 0.903. The fourth-order valence-electron chi connectivity index (χ4n) is 0.903. The number of ketones is 1. The molecule has 1 aromatic rings. The second kappa shape index (κ2) is 4.46. The molecule has 0 saturated carbocycles. The van der Waals surface area contributed by atoms with Crippen molar-refractivity contribution in [2.75, 3.05) is 0 Å². The van der Waals surface area contributed by atoms with Crippen molar-refractivity contribution >= 4 is 11.9 Å². The number of hydrogen-bond donors (Lipinski definition) is 0. The molecular weight excluding hydrogens is 186 g/mol. The van der Waals surface area contributed by atoms with Crippen LogP contribution in [0.3, 0.4) is 0 Å². The molecule has 0 atom stereocenters. The number of carbonyl (C=O) groups excluding carboxylic acids is 1. The molecule has 72 valence electrons. The molecule has 0 fully saturated rings. The Bertz CT molecular complexity index is 374. The van der Waals surface area contributed by atoms with E-state index in [1.54, 1.807) is 0 Å². The topological polar surface area (TPSA) is 17.1 Å². The predicted molar refractivity (Wildman–Crippen MR) is 50.6 cm³/mol. The zero-order valence-corrected chi connectivity index (χ0v) is 7.34. The summed E-state index contributed by atoms with van der Waals surface area (Å²) in [6, 6.07) is 3.51. The lowest BCUT2D eigenvalue weighted by atomic mass is 10.1. The first-order valence-corrected chi connectivity index (χ1v) is 3.93. The van der Waals surface area contributed by atoms with E-state index in [9.17, 15) is 13.6 Å². The van der Waals surface area contributed by atoms with Crippen LogP contribution < -0.4 is 0 Å². The summed E-state index contributed by atoms with van der Waals surface area (Å²) in [5, 5.41) is 0. The van der Waals surface area contributed by atoms with Crippen LogP contribution in [0.25, 0.3) is 6.08 Å². The number of benzene rings is 1. The molecule has 14 heavy (non-hydrogen) atoms. The van der Waals surface area contributed by atoms with E-state index in [1.165, 1.54) is 6.07 Å². The van der Waals surface area contributed by atoms with E-state index >= 15 is 0 Å². The third kappa shape index (κ3) is 2.36. The third-order valence-electron chi connectivity index (χ3n) is 1.62. The average molecular weight is 194 g/mol. The van der Waals surface area contributed by atoms with Gasteiger partial charge in [-0.1, -0.05) is 12.6 Å². The summed E-state index contributed by atoms with van der Waals surface area (Å²) >= 11 is 0. The number of carbonyl (C=O) groups is 1. The number of rotatable bonds is 3. The van der Waals surface area contributed by atoms with Gasteiger partial charge in [0.05, 0.1) is 0 Å². The van der Waals surface area contributed by atoms with Gasteiger partial charge in [0, 0.05) is 5.56 Å². The Morgan fingerprint density at radius 1 is 1.29 bits per heavy atom. The maximum Gasteiger partial charge on any atom is 0.178 e. The van der Waals surface area contributed by atoms with Crippen LogP contribution in [0.2, 0.25) is 0 Å². The minimum atomic E-state index is -0.696. The zero-order chi connectivity index (χ0) is 10.6. The predicted octanol–water partition coefficient (Wildman–Crippen LogP) is 2.73. The Morgan fingerprint density at radius 3 is 2.36 bits per heavy atom. The summed E-state index contributed by atoms with van der Waals surface area (Å²) < 4.78 is 26.0. The van der Waals surface area contributed by atoms with Crippen LogP contribution in [-0.2, 0) is 4.79 Å². The third-order valence-corrected chi connectivity index (χ3v) is 1.62. The number of allylic oxidation sites excluding steroid dienone is 2. The second-order valence-electron chi connectivity index (χ2n) is 2.58. The smallest absolute Gasteiger partial charge is 0.178 e. The Kier molecular flexibility index (Phi) is 3.29. The normalized spacial score (nSPS) is 10.4. The van der Waals surface area contributed by atoms with Crippen molar-refractivity contribution in [3.63, 3.8) is 0 Å². The van der Waals surface area contributed by atoms with Crippen LogP contribution in [-0.4, -0.2) is 5.78 Å². The minimum absolute atomic E-state index is 0.220. The van der Waals surface area contributed by atoms with Crippen molar-refractivity contribution in [3.05, 3.63) is 54.1 Å². The van der Waals surface area contributed by atoms with Crippen molar-refractivity contribution in [2.45, 2.75) is 0 Å². The van der Waals surface area contributed by atoms with Gasteiger partial charge in [0.1, 0.15) is 11.6 Å². The molecule has 0 radical (unpaired) electrons. The first-order valence-electron chi connectivity index (χ1n) is 3.93. The largest absolute Gasteiger partial charge is 0.290 e. The van der Waals surface area contributed by atoms with Gasteiger partial charge in [-0.15, -0.1) is 0 Å². The van der Waals surface area contributed by atoms with Gasteiger partial charge in [0.2, 0.25) is 0 Å². The highest BCUT2D eigenvalue weighted by Gasteiger charge is 2.04. The van der Waals surface area contributed by atoms with Gasteiger partial charge in [-0.3, -0.25) is 4.79 Å². The second-order valence-corrected chi connectivity index (χ2v) is 2.58. The van der Waals surface area contributed by atoms with Crippen LogP contribution in [0.1, 0.15) is 5.56 Å². The number of hydrogen-bond acceptors (Lipinski definition) is 1. The zero-order valence-electron chi connectivity index (χ0n) is 7.34. The molecule has 0 bridgehead atoms. The van der Waals surface area contributed by atoms with Crippen LogP contribution in [0.15, 0.2) is 36.9 Å². The molecule has 0 saturated heterocycles. The van der Waals surface area contributed by atoms with E-state index in [4.69, 9.17) is 0 Å². The van der Waals surface area contributed by atoms with Crippen molar-refractivity contribution in [2.24, 2.45) is 0 Å². The molecule has 0 aliphatic rings. The van der Waals surface area contributed by atoms with E-state index in [0.29, 0.717) is 0 Å². The highest BCUT2D eigenvalue weighted by molar-refractivity contribution is 6.01. The summed E-state index contributed by atoms with van der Waals surface area (Å²) in [5.74, 6) is -1.79. The van der Waals surface area contributed by atoms with E-state index < -0.39 is 17.4 Å². The monoisotopic (exact) mass is 194 g/mol. The fraction of sp³-hybridized carbons (Fsp3) is 0. The lowest BCUT2D eigenvalue weighted by Gasteiger charge is -1.97. The molecule has 0 aromatic heterocycles. The summed E-state index contributed by atoms with van der Waals surface area (Å²) in [7, 11) is 0. The van der Waals surface area contributed by atoms with Gasteiger partial charge in [-0.05, 0) is 30.4 Å². The standard InChI is InChI=1S/C11H8F2O/c1-2-8(14)6-7-9-10(12)4-3-5-11(9)13/h2-7H,1H2/b7-6+. The van der Waals surface area contributed by atoms with Crippen molar-refractivity contribution in [1.29, 1.82) is 0 Å². The molecule has 0 heterocycles. The van der Waals surface area contributed by atoms with Crippen LogP contribution in [0.5, 0.6) is 0 Å². The van der Waals surface area contributed by atoms with Gasteiger partial charge in [-0.25, -0.2) is 8.78 Å². The van der Waals surface area contributed by atoms with Gasteiger partial charge in [0.25, 0.3) is 0 Å². The highest BCUT2D eigenvalue weighted by Crippen LogP contribution is 2.13. The van der Waals surface area contributed by atoms with Crippen molar-refractivity contribution < 1.29 is 13.6 Å². The van der Waals surface area contributed by atoms with Crippen LogP contribution in [0, 0.1) is 11.6 Å². The maximum atomic E-state index is 13.0. The minimum Gasteiger partial charge on any atom is -0.290 e. The van der Waals surface area contributed by atoms with E-state index in [1.807, 2.05) is 0 Å². The first kappa shape index (κ1) is 10.3. The van der Waals surface area contributed by atoms with Gasteiger partial charge in [-0.2, -0.15) is 0 Å². The summed E-state index contributed by atoms with van der Waals surface area (Å²) in [4.78, 5) is 10.8. The Labute approximate surface area is 80.4 Å². The van der Waals surface area contributed by atoms with E-state index in [-0.39, 0.29) is 5.56 Å². The van der Waals surface area contributed by atoms with Crippen LogP contribution >= 0.6 is 0 Å². The quantitative estimate of drug-likeness (QED) is 0.676. The Balaban J connectivity index is 3.02. The number of halogens is 2. The highest BCUT2D eigenvalue weighted by atomic mass is 19.1. The lowest BCUT2D eigenvalue weighted by Crippen LogP contribution is -1.89. The Hall–Kier alpha value is -1.77. The lowest BCUT2D eigenvalue weighted by molar-refractivity contribution is -0.110. The first-order chi connectivity index (χ1) is 6.65. The van der Waals surface area contributed by atoms with Gasteiger partial charge >= 0.3 is 0 Å². The van der Waals surface area contributed by atoms with Gasteiger partial charge < -0.3 is 0 Å². The van der Waals surface area contributed by atoms with Gasteiger partial charge in [0.15, 0.2) is 5.78 Å². The summed E-state index contributed by atoms with van der Waals surface area (Å²) in [6.07, 6.45) is 3.22.